The zero-order chi connectivity index (χ0) is 8.43. The van der Waals surface area contributed by atoms with Gasteiger partial charge in [0.15, 0.2) is 0 Å². The van der Waals surface area contributed by atoms with E-state index in [1.807, 2.05) is 0 Å². The molecule has 0 aliphatic carbocycles. The Morgan fingerprint density at radius 3 is 1.73 bits per heavy atom. The van der Waals surface area contributed by atoms with Crippen LogP contribution in [-0.2, 0) is 0 Å². The van der Waals surface area contributed by atoms with Crippen LogP contribution in [0.1, 0.15) is 20.7 Å². The van der Waals surface area contributed by atoms with E-state index in [1.54, 1.807) is 0 Å². The Bertz CT molecular complexity index is 273. The second kappa shape index (κ2) is 2.90. The van der Waals surface area contributed by atoms with E-state index in [9.17, 15) is 9.59 Å². The zero-order valence-corrected chi connectivity index (χ0v) is 6.99. The second-order valence-electron chi connectivity index (χ2n) is 1.81. The van der Waals surface area contributed by atoms with Crippen LogP contribution in [0.15, 0.2) is 9.88 Å². The van der Waals surface area contributed by atoms with Gasteiger partial charge in [-0.2, -0.15) is 0 Å². The molecule has 0 bridgehead atoms. The van der Waals surface area contributed by atoms with Crippen molar-refractivity contribution in [1.82, 2.24) is 0 Å². The van der Waals surface area contributed by atoms with Crippen molar-refractivity contribution in [2.45, 2.75) is 0 Å². The molecule has 0 aliphatic rings. The van der Waals surface area contributed by atoms with Gasteiger partial charge in [-0.15, -0.1) is 0 Å². The number of aromatic carboxylic acids is 2. The second-order valence-corrected chi connectivity index (χ2v) is 3.37. The van der Waals surface area contributed by atoms with Crippen LogP contribution in [0.3, 0.4) is 0 Å². The summed E-state index contributed by atoms with van der Waals surface area (Å²) in [4.78, 5) is 23.6. The number of carbonyl (C=O) groups is 2. The quantitative estimate of drug-likeness (QED) is 0.693. The van der Waals surface area contributed by atoms with E-state index < -0.39 is 11.9 Å². The predicted octanol–water partition coefficient (Wildman–Crippen LogP) is 0.140. The van der Waals surface area contributed by atoms with E-state index in [-0.39, 0.29) is 25.6 Å². The molecule has 0 atom stereocenters. The predicted molar refractivity (Wildman–Crippen MR) is 37.3 cm³/mol. The third-order valence-corrected chi connectivity index (χ3v) is 2.68. The van der Waals surface area contributed by atoms with Crippen LogP contribution in [0.2, 0.25) is 0 Å². The molecule has 1 rings (SSSR count). The summed E-state index contributed by atoms with van der Waals surface area (Å²) in [6.45, 7) is 0. The van der Waals surface area contributed by atoms with E-state index >= 15 is 0 Å². The van der Waals surface area contributed by atoms with Gasteiger partial charge in [0.25, 0.3) is 0 Å². The fourth-order valence-corrected chi connectivity index (χ4v) is 2.30. The van der Waals surface area contributed by atoms with Crippen molar-refractivity contribution < 1.29 is 19.8 Å². The normalized spacial score (nSPS) is 9.45. The van der Waals surface area contributed by atoms with Crippen molar-refractivity contribution >= 4 is 26.4 Å². The summed E-state index contributed by atoms with van der Waals surface area (Å²) in [5.74, 6) is -2.34. The Kier molecular flexibility index (Phi) is 2.12. The molecule has 0 spiro atoms. The Hall–Kier alpha value is -1.06. The van der Waals surface area contributed by atoms with Crippen LogP contribution in [0.4, 0.5) is 0 Å². The van der Waals surface area contributed by atoms with E-state index in [1.165, 1.54) is 9.88 Å². The molecule has 4 nitrogen and oxygen atoms in total. The molecule has 0 amide bonds. The molecular formula is C6H4O4Se. The molecule has 11 heavy (non-hydrogen) atoms. The summed E-state index contributed by atoms with van der Waals surface area (Å²) in [5, 5.41) is 16.9. The van der Waals surface area contributed by atoms with Crippen LogP contribution in [-0.4, -0.2) is 36.7 Å². The summed E-state index contributed by atoms with van der Waals surface area (Å²) >= 11 is -0.110. The first-order chi connectivity index (χ1) is 5.13. The minimum absolute atomic E-state index is 0.0856. The molecule has 2 N–H and O–H groups in total. The van der Waals surface area contributed by atoms with Gasteiger partial charge in [0.05, 0.1) is 0 Å². The molecule has 1 heterocycles. The first-order valence-electron chi connectivity index (χ1n) is 2.65. The topological polar surface area (TPSA) is 74.6 Å². The molecule has 0 aromatic carbocycles. The Balaban J connectivity index is 3.16. The molecule has 0 unspecified atom stereocenters. The van der Waals surface area contributed by atoms with Crippen LogP contribution < -0.4 is 0 Å². The monoisotopic (exact) mass is 220 g/mol. The third kappa shape index (κ3) is 1.50. The average molecular weight is 219 g/mol. The van der Waals surface area contributed by atoms with E-state index in [0.717, 1.165) is 0 Å². The van der Waals surface area contributed by atoms with Gasteiger partial charge in [-0.1, -0.05) is 0 Å². The molecule has 0 saturated carbocycles. The summed E-state index contributed by atoms with van der Waals surface area (Å²) in [7, 11) is 0. The van der Waals surface area contributed by atoms with Gasteiger partial charge in [-0.3, -0.25) is 0 Å². The Morgan fingerprint density at radius 1 is 1.09 bits per heavy atom. The summed E-state index contributed by atoms with van der Waals surface area (Å²) in [6, 6.07) is 0. The molecule has 0 saturated heterocycles. The molecule has 1 aromatic rings. The minimum atomic E-state index is -1.17. The fourth-order valence-electron chi connectivity index (χ4n) is 0.628. The number of carboxylic acids is 2. The Morgan fingerprint density at radius 2 is 1.45 bits per heavy atom. The average Bonchev–Trinajstić information content (AvgIpc) is 2.32. The molecular weight excluding hydrogens is 215 g/mol. The van der Waals surface area contributed by atoms with Crippen LogP contribution >= 0.6 is 0 Å². The molecule has 1 aromatic heterocycles. The van der Waals surface area contributed by atoms with Crippen LogP contribution in [0, 0.1) is 0 Å². The van der Waals surface area contributed by atoms with Crippen molar-refractivity contribution in [3.05, 3.63) is 21.0 Å². The van der Waals surface area contributed by atoms with Gasteiger partial charge in [-0.25, -0.2) is 0 Å². The van der Waals surface area contributed by atoms with Gasteiger partial charge in [0.2, 0.25) is 0 Å². The first-order valence-corrected chi connectivity index (χ1v) is 4.63. The van der Waals surface area contributed by atoms with E-state index in [4.69, 9.17) is 10.2 Å². The van der Waals surface area contributed by atoms with Crippen molar-refractivity contribution in [2.75, 3.05) is 0 Å². The molecule has 0 aliphatic heterocycles. The maximum absolute atomic E-state index is 10.4. The van der Waals surface area contributed by atoms with Gasteiger partial charge < -0.3 is 0 Å². The Labute approximate surface area is 67.8 Å². The molecule has 58 valence electrons. The van der Waals surface area contributed by atoms with Crippen molar-refractivity contribution in [2.24, 2.45) is 0 Å². The van der Waals surface area contributed by atoms with Crippen molar-refractivity contribution in [1.29, 1.82) is 0 Å². The SMILES string of the molecule is O=C(O)c1c[se]cc1C(=O)O. The van der Waals surface area contributed by atoms with Gasteiger partial charge in [-0.05, 0) is 0 Å². The molecule has 0 radical (unpaired) electrons. The van der Waals surface area contributed by atoms with E-state index in [0.29, 0.717) is 0 Å². The number of rotatable bonds is 2. The zero-order valence-electron chi connectivity index (χ0n) is 5.27. The van der Waals surface area contributed by atoms with Crippen LogP contribution in [0.25, 0.3) is 0 Å². The van der Waals surface area contributed by atoms with Crippen molar-refractivity contribution in [3.63, 3.8) is 0 Å². The molecule has 0 fully saturated rings. The first kappa shape index (κ1) is 8.04. The molecule has 5 heteroatoms. The number of hydrogen-bond donors (Lipinski definition) is 2. The fraction of sp³-hybridized carbons (Fsp3) is 0. The number of hydrogen-bond acceptors (Lipinski definition) is 2. The maximum atomic E-state index is 10.4. The summed E-state index contributed by atoms with van der Waals surface area (Å²) in [6.07, 6.45) is 0. The van der Waals surface area contributed by atoms with Crippen LogP contribution in [0.5, 0.6) is 0 Å². The number of carboxylic acid groups (broad SMARTS) is 2. The summed E-state index contributed by atoms with van der Waals surface area (Å²) in [5.41, 5.74) is -0.171. The van der Waals surface area contributed by atoms with Gasteiger partial charge >= 0.3 is 67.3 Å². The standard InChI is InChI=1S/C6H4O4Se/c7-5(8)3-1-11-2-4(3)6(9)10/h1-2H,(H,7,8)(H,9,10). The summed E-state index contributed by atoms with van der Waals surface area (Å²) < 4.78 is 0. The third-order valence-electron chi connectivity index (χ3n) is 1.12. The van der Waals surface area contributed by atoms with Crippen molar-refractivity contribution in [3.8, 4) is 0 Å². The van der Waals surface area contributed by atoms with E-state index in [2.05, 4.69) is 0 Å². The van der Waals surface area contributed by atoms with Gasteiger partial charge in [0.1, 0.15) is 0 Å². The van der Waals surface area contributed by atoms with Gasteiger partial charge in [0, 0.05) is 0 Å².